The van der Waals surface area contributed by atoms with Crippen LogP contribution in [-0.4, -0.2) is 37.2 Å². The molecule has 4 nitrogen and oxygen atoms in total. The lowest BCUT2D eigenvalue weighted by Gasteiger charge is -2.32. The van der Waals surface area contributed by atoms with Crippen molar-refractivity contribution >= 4 is 22.7 Å². The van der Waals surface area contributed by atoms with Crippen molar-refractivity contribution in [3.8, 4) is 0 Å². The molecule has 0 spiro atoms. The van der Waals surface area contributed by atoms with Gasteiger partial charge in [0.05, 0.1) is 11.0 Å². The number of rotatable bonds is 0. The second-order valence-electron chi connectivity index (χ2n) is 4.20. The van der Waals surface area contributed by atoms with Gasteiger partial charge in [-0.2, -0.15) is 0 Å². The van der Waals surface area contributed by atoms with Crippen molar-refractivity contribution in [2.75, 3.05) is 37.0 Å². The second-order valence-corrected chi connectivity index (χ2v) is 4.20. The Morgan fingerprint density at radius 3 is 1.75 bits per heavy atom. The van der Waals surface area contributed by atoms with Crippen LogP contribution in [0.15, 0.2) is 24.3 Å². The summed E-state index contributed by atoms with van der Waals surface area (Å²) in [5, 5.41) is 0. The summed E-state index contributed by atoms with van der Waals surface area (Å²) in [5.74, 6) is 1.96. The lowest BCUT2D eigenvalue weighted by atomic mass is 10.3. The Morgan fingerprint density at radius 1 is 0.875 bits per heavy atom. The van der Waals surface area contributed by atoms with Gasteiger partial charge in [0.1, 0.15) is 0 Å². The zero-order chi connectivity index (χ0) is 11.1. The highest BCUT2D eigenvalue weighted by molar-refractivity contribution is 5.81. The standard InChI is InChI=1S/C12H14N4/c1-15-7-8-16(2)12-11(15)13-9-5-3-4-6-10(9)14-12/h3-6H,7-8H2,1-2H3. The highest BCUT2D eigenvalue weighted by Gasteiger charge is 2.20. The van der Waals surface area contributed by atoms with Gasteiger partial charge >= 0.3 is 0 Å². The van der Waals surface area contributed by atoms with Crippen LogP contribution >= 0.6 is 0 Å². The SMILES string of the molecule is CN1CCN(C)c2nc3ccccc3nc21. The van der Waals surface area contributed by atoms with E-state index in [4.69, 9.17) is 0 Å². The van der Waals surface area contributed by atoms with Gasteiger partial charge < -0.3 is 9.80 Å². The molecule has 1 aromatic heterocycles. The first-order valence-corrected chi connectivity index (χ1v) is 5.45. The first-order chi connectivity index (χ1) is 7.75. The third-order valence-electron chi connectivity index (χ3n) is 3.03. The number of benzene rings is 1. The molecule has 0 N–H and O–H groups in total. The number of hydrogen-bond donors (Lipinski definition) is 0. The Balaban J connectivity index is 2.28. The van der Waals surface area contributed by atoms with Crippen molar-refractivity contribution in [2.24, 2.45) is 0 Å². The van der Waals surface area contributed by atoms with Crippen LogP contribution in [0.1, 0.15) is 0 Å². The molecular weight excluding hydrogens is 200 g/mol. The van der Waals surface area contributed by atoms with Gasteiger partial charge in [-0.3, -0.25) is 0 Å². The largest absolute Gasteiger partial charge is 0.355 e. The molecule has 0 unspecified atom stereocenters. The van der Waals surface area contributed by atoms with Crippen molar-refractivity contribution in [3.63, 3.8) is 0 Å². The van der Waals surface area contributed by atoms with Crippen LogP contribution in [0.2, 0.25) is 0 Å². The van der Waals surface area contributed by atoms with Crippen LogP contribution in [0.25, 0.3) is 11.0 Å². The van der Waals surface area contributed by atoms with Crippen LogP contribution in [0, 0.1) is 0 Å². The van der Waals surface area contributed by atoms with Gasteiger partial charge in [-0.05, 0) is 12.1 Å². The Labute approximate surface area is 94.5 Å². The highest BCUT2D eigenvalue weighted by atomic mass is 15.3. The van der Waals surface area contributed by atoms with E-state index in [1.54, 1.807) is 0 Å². The van der Waals surface area contributed by atoms with Crippen molar-refractivity contribution in [1.82, 2.24) is 9.97 Å². The minimum Gasteiger partial charge on any atom is -0.355 e. The number of para-hydroxylation sites is 2. The van der Waals surface area contributed by atoms with Crippen LogP contribution in [0.4, 0.5) is 11.6 Å². The fraction of sp³-hybridized carbons (Fsp3) is 0.333. The monoisotopic (exact) mass is 214 g/mol. The van der Waals surface area contributed by atoms with E-state index in [9.17, 15) is 0 Å². The van der Waals surface area contributed by atoms with Gasteiger partial charge in [0.15, 0.2) is 11.6 Å². The number of aromatic nitrogens is 2. The number of likely N-dealkylation sites (N-methyl/N-ethyl adjacent to an activating group) is 2. The van der Waals surface area contributed by atoms with E-state index in [2.05, 4.69) is 33.9 Å². The molecule has 0 saturated heterocycles. The summed E-state index contributed by atoms with van der Waals surface area (Å²) < 4.78 is 0. The molecule has 0 saturated carbocycles. The molecule has 0 atom stereocenters. The van der Waals surface area contributed by atoms with Crippen LogP contribution in [0.5, 0.6) is 0 Å². The fourth-order valence-corrected chi connectivity index (χ4v) is 2.01. The van der Waals surface area contributed by atoms with E-state index >= 15 is 0 Å². The van der Waals surface area contributed by atoms with E-state index in [1.807, 2.05) is 24.3 Å². The van der Waals surface area contributed by atoms with Crippen molar-refractivity contribution < 1.29 is 0 Å². The van der Waals surface area contributed by atoms with E-state index < -0.39 is 0 Å². The third kappa shape index (κ3) is 1.30. The summed E-state index contributed by atoms with van der Waals surface area (Å²) >= 11 is 0. The van der Waals surface area contributed by atoms with Gasteiger partial charge in [-0.15, -0.1) is 0 Å². The first kappa shape index (κ1) is 9.39. The zero-order valence-corrected chi connectivity index (χ0v) is 9.51. The predicted molar refractivity (Wildman–Crippen MR) is 66.1 cm³/mol. The molecule has 1 aliphatic heterocycles. The van der Waals surface area contributed by atoms with Crippen molar-refractivity contribution in [2.45, 2.75) is 0 Å². The number of anilines is 2. The Kier molecular flexibility index (Phi) is 1.96. The molecule has 0 aliphatic carbocycles. The Hall–Kier alpha value is -1.84. The molecule has 4 heteroatoms. The number of nitrogens with zero attached hydrogens (tertiary/aromatic N) is 4. The minimum absolute atomic E-state index is 0.961. The third-order valence-corrected chi connectivity index (χ3v) is 3.03. The van der Waals surface area contributed by atoms with Crippen LogP contribution < -0.4 is 9.80 Å². The quantitative estimate of drug-likeness (QED) is 0.665. The zero-order valence-electron chi connectivity index (χ0n) is 9.51. The van der Waals surface area contributed by atoms with Crippen LogP contribution in [0.3, 0.4) is 0 Å². The molecular formula is C12H14N4. The normalized spacial score (nSPS) is 15.4. The summed E-state index contributed by atoms with van der Waals surface area (Å²) in [6.45, 7) is 1.99. The minimum atomic E-state index is 0.961. The molecule has 1 aromatic carbocycles. The molecule has 82 valence electrons. The van der Waals surface area contributed by atoms with Gasteiger partial charge in [0.2, 0.25) is 0 Å². The smallest absolute Gasteiger partial charge is 0.172 e. The van der Waals surface area contributed by atoms with Gasteiger partial charge in [0, 0.05) is 27.2 Å². The molecule has 0 fully saturated rings. The van der Waals surface area contributed by atoms with Crippen molar-refractivity contribution in [3.05, 3.63) is 24.3 Å². The van der Waals surface area contributed by atoms with E-state index in [-0.39, 0.29) is 0 Å². The Bertz CT molecular complexity index is 489. The number of hydrogen-bond acceptors (Lipinski definition) is 4. The van der Waals surface area contributed by atoms with Crippen molar-refractivity contribution in [1.29, 1.82) is 0 Å². The van der Waals surface area contributed by atoms with E-state index in [0.29, 0.717) is 0 Å². The maximum absolute atomic E-state index is 4.67. The summed E-state index contributed by atoms with van der Waals surface area (Å²) in [7, 11) is 4.13. The Morgan fingerprint density at radius 2 is 1.31 bits per heavy atom. The summed E-state index contributed by atoms with van der Waals surface area (Å²) in [6.07, 6.45) is 0. The van der Waals surface area contributed by atoms with E-state index in [0.717, 1.165) is 35.8 Å². The first-order valence-electron chi connectivity index (χ1n) is 5.45. The highest BCUT2D eigenvalue weighted by Crippen LogP contribution is 2.29. The average molecular weight is 214 g/mol. The second kappa shape index (κ2) is 3.33. The van der Waals surface area contributed by atoms with Gasteiger partial charge in [-0.25, -0.2) is 9.97 Å². The maximum Gasteiger partial charge on any atom is 0.172 e. The molecule has 1 aliphatic rings. The summed E-state index contributed by atoms with van der Waals surface area (Å²) in [4.78, 5) is 13.7. The molecule has 0 radical (unpaired) electrons. The topological polar surface area (TPSA) is 32.3 Å². The molecule has 16 heavy (non-hydrogen) atoms. The van der Waals surface area contributed by atoms with Gasteiger partial charge in [-0.1, -0.05) is 12.1 Å². The van der Waals surface area contributed by atoms with E-state index in [1.165, 1.54) is 0 Å². The molecule has 2 aromatic rings. The molecule has 0 bridgehead atoms. The molecule has 2 heterocycles. The maximum atomic E-state index is 4.67. The lowest BCUT2D eigenvalue weighted by molar-refractivity contribution is 0.772. The number of fused-ring (bicyclic) bond motifs is 2. The molecule has 3 rings (SSSR count). The van der Waals surface area contributed by atoms with Crippen LogP contribution in [-0.2, 0) is 0 Å². The fourth-order valence-electron chi connectivity index (χ4n) is 2.01. The summed E-state index contributed by atoms with van der Waals surface area (Å²) in [6, 6.07) is 8.00. The average Bonchev–Trinajstić information content (AvgIpc) is 2.32. The lowest BCUT2D eigenvalue weighted by Crippen LogP contribution is -2.38. The molecule has 0 amide bonds. The predicted octanol–water partition coefficient (Wildman–Crippen LogP) is 1.52. The summed E-state index contributed by atoms with van der Waals surface area (Å²) in [5.41, 5.74) is 1.92. The van der Waals surface area contributed by atoms with Gasteiger partial charge in [0.25, 0.3) is 0 Å².